The van der Waals surface area contributed by atoms with E-state index >= 15 is 0 Å². The molecule has 4 rings (SSSR count). The predicted octanol–water partition coefficient (Wildman–Crippen LogP) is 5.94. The standard InChI is InChI=1S/C23H18Cl3FN4O3/c1-28-22-20(12-4-14(24)8-15(25)5-12)21(34-31-22)13-7-18(29-9-13)23(33)30-19(10-32)11-2-3-17(27)16(26)6-11/h2-9,19,29,32H,10H2,1H3,(H,28,31)(H,30,33). The van der Waals surface area contributed by atoms with E-state index in [9.17, 15) is 14.3 Å². The van der Waals surface area contributed by atoms with Crippen molar-refractivity contribution >= 4 is 46.5 Å². The summed E-state index contributed by atoms with van der Waals surface area (Å²) in [5.41, 5.74) is 2.52. The van der Waals surface area contributed by atoms with Crippen LogP contribution in [0.2, 0.25) is 15.1 Å². The molecule has 0 saturated heterocycles. The fourth-order valence-corrected chi connectivity index (χ4v) is 4.19. The van der Waals surface area contributed by atoms with Gasteiger partial charge in [0.25, 0.3) is 5.91 Å². The maximum absolute atomic E-state index is 13.5. The first kappa shape index (κ1) is 24.1. The van der Waals surface area contributed by atoms with Gasteiger partial charge >= 0.3 is 0 Å². The Morgan fingerprint density at radius 1 is 1.15 bits per heavy atom. The molecule has 1 atom stereocenters. The predicted molar refractivity (Wildman–Crippen MR) is 130 cm³/mol. The Morgan fingerprint density at radius 2 is 1.88 bits per heavy atom. The number of amides is 1. The molecule has 2 aromatic carbocycles. The maximum Gasteiger partial charge on any atom is 0.268 e. The molecule has 7 nitrogen and oxygen atoms in total. The molecule has 0 radical (unpaired) electrons. The molecule has 4 N–H and O–H groups in total. The number of anilines is 1. The van der Waals surface area contributed by atoms with Gasteiger partial charge in [-0.15, -0.1) is 0 Å². The number of hydrogen-bond donors (Lipinski definition) is 4. The maximum atomic E-state index is 13.5. The highest BCUT2D eigenvalue weighted by Crippen LogP contribution is 2.40. The zero-order valence-corrected chi connectivity index (χ0v) is 19.9. The van der Waals surface area contributed by atoms with E-state index in [-0.39, 0.29) is 10.7 Å². The van der Waals surface area contributed by atoms with Gasteiger partial charge in [-0.25, -0.2) is 4.39 Å². The number of rotatable bonds is 7. The Morgan fingerprint density at radius 3 is 2.53 bits per heavy atom. The van der Waals surface area contributed by atoms with E-state index < -0.39 is 24.4 Å². The second-order valence-corrected chi connectivity index (χ2v) is 8.61. The summed E-state index contributed by atoms with van der Waals surface area (Å²) in [4.78, 5) is 15.7. The van der Waals surface area contributed by atoms with Gasteiger partial charge in [-0.1, -0.05) is 46.0 Å². The van der Waals surface area contributed by atoms with Crippen LogP contribution in [-0.2, 0) is 0 Å². The monoisotopic (exact) mass is 522 g/mol. The number of carbonyl (C=O) groups excluding carboxylic acids is 1. The second-order valence-electron chi connectivity index (χ2n) is 7.33. The summed E-state index contributed by atoms with van der Waals surface area (Å²) >= 11 is 18.2. The first-order chi connectivity index (χ1) is 16.3. The van der Waals surface area contributed by atoms with Crippen LogP contribution in [0.3, 0.4) is 0 Å². The molecule has 4 aromatic rings. The third-order valence-electron chi connectivity index (χ3n) is 5.10. The number of aliphatic hydroxyl groups excluding tert-OH is 1. The van der Waals surface area contributed by atoms with E-state index in [1.807, 2.05) is 0 Å². The highest BCUT2D eigenvalue weighted by atomic mass is 35.5. The van der Waals surface area contributed by atoms with Crippen molar-refractivity contribution in [1.29, 1.82) is 0 Å². The van der Waals surface area contributed by atoms with Crippen LogP contribution >= 0.6 is 34.8 Å². The van der Waals surface area contributed by atoms with Gasteiger partial charge < -0.3 is 25.2 Å². The van der Waals surface area contributed by atoms with Gasteiger partial charge in [0.05, 0.1) is 23.2 Å². The average molecular weight is 524 g/mol. The molecule has 0 saturated carbocycles. The van der Waals surface area contributed by atoms with Gasteiger partial charge in [-0.2, -0.15) is 0 Å². The molecular formula is C23H18Cl3FN4O3. The summed E-state index contributed by atoms with van der Waals surface area (Å²) in [6.07, 6.45) is 1.59. The van der Waals surface area contributed by atoms with Gasteiger partial charge in [0.2, 0.25) is 0 Å². The third-order valence-corrected chi connectivity index (χ3v) is 5.83. The SMILES string of the molecule is CNc1noc(-c2c[nH]c(C(=O)NC(CO)c3ccc(F)c(Cl)c3)c2)c1-c1cc(Cl)cc(Cl)c1. The minimum atomic E-state index is -0.789. The molecule has 0 bridgehead atoms. The van der Waals surface area contributed by atoms with Crippen molar-refractivity contribution in [2.75, 3.05) is 19.0 Å². The summed E-state index contributed by atoms with van der Waals surface area (Å²) in [6, 6.07) is 9.83. The molecule has 0 fully saturated rings. The Bertz CT molecular complexity index is 1330. The van der Waals surface area contributed by atoms with Gasteiger partial charge in [0.15, 0.2) is 11.6 Å². The zero-order chi connectivity index (χ0) is 24.4. The molecule has 176 valence electrons. The lowest BCUT2D eigenvalue weighted by Gasteiger charge is -2.16. The lowest BCUT2D eigenvalue weighted by Crippen LogP contribution is -2.31. The average Bonchev–Trinajstić information content (AvgIpc) is 3.45. The molecule has 34 heavy (non-hydrogen) atoms. The molecule has 0 aliphatic carbocycles. The van der Waals surface area contributed by atoms with Crippen LogP contribution in [-0.4, -0.2) is 34.8 Å². The highest BCUT2D eigenvalue weighted by Gasteiger charge is 2.23. The first-order valence-electron chi connectivity index (χ1n) is 10.00. The molecule has 2 aromatic heterocycles. The fraction of sp³-hybridized carbons (Fsp3) is 0.130. The first-order valence-corrected chi connectivity index (χ1v) is 11.1. The summed E-state index contributed by atoms with van der Waals surface area (Å²) in [5, 5.41) is 20.2. The number of nitrogens with one attached hydrogen (secondary N) is 3. The smallest absolute Gasteiger partial charge is 0.268 e. The van der Waals surface area contributed by atoms with Crippen molar-refractivity contribution in [2.24, 2.45) is 0 Å². The zero-order valence-electron chi connectivity index (χ0n) is 17.6. The van der Waals surface area contributed by atoms with Crippen LogP contribution < -0.4 is 10.6 Å². The topological polar surface area (TPSA) is 103 Å². The number of nitrogens with zero attached hydrogens (tertiary/aromatic N) is 1. The lowest BCUT2D eigenvalue weighted by atomic mass is 10.0. The number of benzene rings is 2. The largest absolute Gasteiger partial charge is 0.394 e. The summed E-state index contributed by atoms with van der Waals surface area (Å²) in [7, 11) is 1.70. The van der Waals surface area contributed by atoms with Crippen LogP contribution in [0.25, 0.3) is 22.5 Å². The van der Waals surface area contributed by atoms with E-state index in [1.54, 1.807) is 37.5 Å². The Balaban J connectivity index is 1.63. The number of aliphatic hydroxyl groups is 1. The van der Waals surface area contributed by atoms with Crippen LogP contribution in [0.5, 0.6) is 0 Å². The minimum Gasteiger partial charge on any atom is -0.394 e. The molecule has 11 heteroatoms. The highest BCUT2D eigenvalue weighted by molar-refractivity contribution is 6.35. The van der Waals surface area contributed by atoms with Crippen molar-refractivity contribution in [2.45, 2.75) is 6.04 Å². The summed E-state index contributed by atoms with van der Waals surface area (Å²) in [5.74, 6) is -0.227. The van der Waals surface area contributed by atoms with E-state index in [4.69, 9.17) is 39.3 Å². The number of halogens is 4. The van der Waals surface area contributed by atoms with Gasteiger partial charge in [-0.05, 0) is 47.5 Å². The van der Waals surface area contributed by atoms with Crippen molar-refractivity contribution in [3.05, 3.63) is 80.8 Å². The van der Waals surface area contributed by atoms with E-state index in [0.29, 0.717) is 43.9 Å². The van der Waals surface area contributed by atoms with E-state index in [0.717, 1.165) is 0 Å². The third kappa shape index (κ3) is 4.90. The molecule has 2 heterocycles. The van der Waals surface area contributed by atoms with Crippen molar-refractivity contribution in [3.63, 3.8) is 0 Å². The number of aromatic amines is 1. The molecule has 0 spiro atoms. The molecular weight excluding hydrogens is 506 g/mol. The Labute approximate surface area is 208 Å². The van der Waals surface area contributed by atoms with E-state index in [1.165, 1.54) is 18.2 Å². The van der Waals surface area contributed by atoms with Crippen LogP contribution in [0.15, 0.2) is 53.2 Å². The normalized spacial score (nSPS) is 11.9. The van der Waals surface area contributed by atoms with Gasteiger partial charge in [0, 0.05) is 28.9 Å². The van der Waals surface area contributed by atoms with Gasteiger partial charge in [-0.3, -0.25) is 4.79 Å². The van der Waals surface area contributed by atoms with Crippen molar-refractivity contribution in [3.8, 4) is 22.5 Å². The quantitative estimate of drug-likeness (QED) is 0.240. The van der Waals surface area contributed by atoms with Crippen molar-refractivity contribution in [1.82, 2.24) is 15.5 Å². The fourth-order valence-electron chi connectivity index (χ4n) is 3.48. The minimum absolute atomic E-state index is 0.105. The van der Waals surface area contributed by atoms with Gasteiger partial charge in [0.1, 0.15) is 11.5 Å². The lowest BCUT2D eigenvalue weighted by molar-refractivity contribution is 0.0911. The van der Waals surface area contributed by atoms with Crippen LogP contribution in [0.1, 0.15) is 22.1 Å². The molecule has 0 aliphatic rings. The van der Waals surface area contributed by atoms with Crippen LogP contribution in [0.4, 0.5) is 10.2 Å². The number of hydrogen-bond acceptors (Lipinski definition) is 5. The van der Waals surface area contributed by atoms with E-state index in [2.05, 4.69) is 20.8 Å². The second kappa shape index (κ2) is 10.1. The molecule has 0 aliphatic heterocycles. The number of carbonyl (C=O) groups is 1. The Kier molecular flexibility index (Phi) is 7.13. The van der Waals surface area contributed by atoms with Crippen molar-refractivity contribution < 1.29 is 18.8 Å². The Hall–Kier alpha value is -3.04. The summed E-state index contributed by atoms with van der Waals surface area (Å²) < 4.78 is 19.0. The number of aromatic nitrogens is 2. The molecule has 1 unspecified atom stereocenters. The summed E-state index contributed by atoms with van der Waals surface area (Å²) in [6.45, 7) is -0.408. The number of H-pyrrole nitrogens is 1. The molecule has 1 amide bonds. The van der Waals surface area contributed by atoms with Crippen LogP contribution in [0, 0.1) is 5.82 Å².